The summed E-state index contributed by atoms with van der Waals surface area (Å²) in [5, 5.41) is 6.12. The number of halogens is 2. The summed E-state index contributed by atoms with van der Waals surface area (Å²) in [6.45, 7) is 1.68. The van der Waals surface area contributed by atoms with Gasteiger partial charge in [-0.2, -0.15) is 0 Å². The number of methoxy groups -OCH3 is 1. The van der Waals surface area contributed by atoms with Crippen LogP contribution in [0, 0.1) is 5.82 Å². The molecule has 1 aliphatic rings. The molecule has 6 nitrogen and oxygen atoms in total. The summed E-state index contributed by atoms with van der Waals surface area (Å²) in [6.07, 6.45) is 4.13. The third-order valence-corrected chi connectivity index (χ3v) is 7.42. The van der Waals surface area contributed by atoms with E-state index in [1.165, 1.54) is 12.5 Å². The zero-order chi connectivity index (χ0) is 26.9. The minimum absolute atomic E-state index is 0.289. The van der Waals surface area contributed by atoms with Gasteiger partial charge in [0.2, 0.25) is 5.96 Å². The molecule has 4 rings (SSSR count). The Labute approximate surface area is 232 Å². The van der Waals surface area contributed by atoms with Gasteiger partial charge in [0, 0.05) is 33.9 Å². The maximum atomic E-state index is 15.0. The number of guanidine groups is 1. The summed E-state index contributed by atoms with van der Waals surface area (Å²) in [5.74, 6) is 0.266. The van der Waals surface area contributed by atoms with E-state index in [0.717, 1.165) is 40.9 Å². The molecule has 3 aromatic rings. The van der Waals surface area contributed by atoms with Crippen LogP contribution in [-0.2, 0) is 12.8 Å². The highest BCUT2D eigenvalue weighted by Gasteiger charge is 2.21. The van der Waals surface area contributed by atoms with Gasteiger partial charge in [-0.3, -0.25) is 15.1 Å². The second-order valence-electron chi connectivity index (χ2n) is 9.46. The molecule has 200 valence electrons. The number of nitrogens with one attached hydrogen (secondary N) is 2. The third-order valence-electron chi connectivity index (χ3n) is 6.92. The quantitative estimate of drug-likeness (QED) is 0.238. The van der Waals surface area contributed by atoms with Crippen LogP contribution in [0.2, 0.25) is 0 Å². The summed E-state index contributed by atoms with van der Waals surface area (Å²) < 4.78 is 21.4. The largest absolute Gasteiger partial charge is 0.496 e. The van der Waals surface area contributed by atoms with Crippen molar-refractivity contribution < 1.29 is 13.9 Å². The van der Waals surface area contributed by atoms with Crippen molar-refractivity contribution in [2.75, 3.05) is 32.6 Å². The summed E-state index contributed by atoms with van der Waals surface area (Å²) in [5.41, 5.74) is 2.39. The number of carbonyl (C=O) groups excluding carboxylic acids is 1. The molecular formula is C30H34BrFN4O2. The van der Waals surface area contributed by atoms with Crippen molar-refractivity contribution in [3.05, 3.63) is 93.7 Å². The molecule has 1 amide bonds. The fourth-order valence-corrected chi connectivity index (χ4v) is 5.25. The molecule has 0 saturated carbocycles. The zero-order valence-corrected chi connectivity index (χ0v) is 23.4. The van der Waals surface area contributed by atoms with Gasteiger partial charge in [-0.1, -0.05) is 40.2 Å². The van der Waals surface area contributed by atoms with Crippen LogP contribution in [0.25, 0.3) is 0 Å². The number of amides is 1. The predicted molar refractivity (Wildman–Crippen MR) is 155 cm³/mol. The second-order valence-corrected chi connectivity index (χ2v) is 10.4. The molecule has 1 aliphatic heterocycles. The van der Waals surface area contributed by atoms with E-state index in [4.69, 9.17) is 9.73 Å². The fraction of sp³-hybridized carbons (Fsp3) is 0.333. The highest BCUT2D eigenvalue weighted by Crippen LogP contribution is 2.26. The molecular weight excluding hydrogens is 547 g/mol. The number of nitrogens with zero attached hydrogens (tertiary/aromatic N) is 2. The first kappa shape index (κ1) is 27.8. The van der Waals surface area contributed by atoms with Crippen LogP contribution in [0.3, 0.4) is 0 Å². The van der Waals surface area contributed by atoms with Crippen molar-refractivity contribution in [2.24, 2.45) is 4.99 Å². The smallest absolute Gasteiger partial charge is 0.258 e. The van der Waals surface area contributed by atoms with E-state index in [1.807, 2.05) is 48.5 Å². The van der Waals surface area contributed by atoms with E-state index in [-0.39, 0.29) is 5.56 Å². The van der Waals surface area contributed by atoms with Crippen molar-refractivity contribution in [2.45, 2.75) is 38.1 Å². The minimum atomic E-state index is -0.412. The highest BCUT2D eigenvalue weighted by molar-refractivity contribution is 9.10. The van der Waals surface area contributed by atoms with E-state index in [1.54, 1.807) is 19.2 Å². The summed E-state index contributed by atoms with van der Waals surface area (Å²) in [6, 6.07) is 20.4. The molecule has 0 spiro atoms. The van der Waals surface area contributed by atoms with Crippen LogP contribution in [0.5, 0.6) is 5.75 Å². The highest BCUT2D eigenvalue weighted by atomic mass is 79.9. The van der Waals surface area contributed by atoms with Gasteiger partial charge in [0.1, 0.15) is 11.6 Å². The van der Waals surface area contributed by atoms with E-state index >= 15 is 4.39 Å². The van der Waals surface area contributed by atoms with E-state index in [2.05, 4.69) is 38.5 Å². The molecule has 0 radical (unpaired) electrons. The maximum absolute atomic E-state index is 15.0. The second kappa shape index (κ2) is 13.5. The van der Waals surface area contributed by atoms with E-state index in [0.29, 0.717) is 37.0 Å². The van der Waals surface area contributed by atoms with Gasteiger partial charge in [0.05, 0.1) is 7.11 Å². The van der Waals surface area contributed by atoms with Crippen LogP contribution in [0.1, 0.15) is 40.7 Å². The average molecular weight is 582 g/mol. The molecule has 1 saturated heterocycles. The number of hydrogen-bond donors (Lipinski definition) is 2. The van der Waals surface area contributed by atoms with Crippen molar-refractivity contribution in [3.8, 4) is 5.75 Å². The Bertz CT molecular complexity index is 1270. The monoisotopic (exact) mass is 580 g/mol. The molecule has 1 unspecified atom stereocenters. The number of ether oxygens (including phenoxy) is 1. The van der Waals surface area contributed by atoms with Gasteiger partial charge < -0.3 is 15.0 Å². The first-order chi connectivity index (χ1) is 18.4. The molecule has 2 N–H and O–H groups in total. The molecule has 8 heteroatoms. The first-order valence-electron chi connectivity index (χ1n) is 12.9. The van der Waals surface area contributed by atoms with Gasteiger partial charge in [-0.05, 0) is 93.7 Å². The number of rotatable bonds is 9. The number of anilines is 1. The lowest BCUT2D eigenvalue weighted by Crippen LogP contribution is -2.37. The number of carbonyl (C=O) groups is 1. The minimum Gasteiger partial charge on any atom is -0.496 e. The van der Waals surface area contributed by atoms with Gasteiger partial charge >= 0.3 is 0 Å². The Hall–Kier alpha value is -3.23. The molecule has 3 aromatic carbocycles. The third kappa shape index (κ3) is 7.42. The molecule has 0 bridgehead atoms. The summed E-state index contributed by atoms with van der Waals surface area (Å²) in [7, 11) is 3.75. The van der Waals surface area contributed by atoms with Gasteiger partial charge in [-0.15, -0.1) is 0 Å². The van der Waals surface area contributed by atoms with Crippen LogP contribution in [0.4, 0.5) is 10.1 Å². The SMILES string of the molecule is COc1ccc(Br)cc1CCc1c(F)cccc1C(=O)NC(=NCCC1CCCN1C)Nc1ccccc1. The fourth-order valence-electron chi connectivity index (χ4n) is 4.84. The molecule has 38 heavy (non-hydrogen) atoms. The number of aliphatic imine (C=N–C) groups is 1. The number of para-hydroxylation sites is 1. The van der Waals surface area contributed by atoms with Gasteiger partial charge in [-0.25, -0.2) is 4.39 Å². The van der Waals surface area contributed by atoms with Crippen LogP contribution in [0.15, 0.2) is 76.2 Å². The van der Waals surface area contributed by atoms with Gasteiger partial charge in [0.25, 0.3) is 5.91 Å². The lowest BCUT2D eigenvalue weighted by molar-refractivity contribution is 0.0975. The molecule has 0 aromatic heterocycles. The van der Waals surface area contributed by atoms with Crippen molar-refractivity contribution in [3.63, 3.8) is 0 Å². The van der Waals surface area contributed by atoms with Gasteiger partial charge in [0.15, 0.2) is 0 Å². The topological polar surface area (TPSA) is 66.0 Å². The Morgan fingerprint density at radius 1 is 1.13 bits per heavy atom. The van der Waals surface area contributed by atoms with Crippen molar-refractivity contribution in [1.29, 1.82) is 0 Å². The number of hydrogen-bond acceptors (Lipinski definition) is 4. The lowest BCUT2D eigenvalue weighted by Gasteiger charge is -2.19. The van der Waals surface area contributed by atoms with E-state index < -0.39 is 11.7 Å². The Kier molecular flexibility index (Phi) is 9.90. The van der Waals surface area contributed by atoms with Crippen molar-refractivity contribution >= 4 is 33.5 Å². The zero-order valence-electron chi connectivity index (χ0n) is 21.8. The molecule has 1 atom stereocenters. The molecule has 1 fully saturated rings. The Morgan fingerprint density at radius 2 is 1.95 bits per heavy atom. The summed E-state index contributed by atoms with van der Waals surface area (Å²) >= 11 is 3.49. The normalized spacial score (nSPS) is 15.9. The molecule has 0 aliphatic carbocycles. The number of aryl methyl sites for hydroxylation is 1. The maximum Gasteiger partial charge on any atom is 0.258 e. The van der Waals surface area contributed by atoms with Crippen LogP contribution < -0.4 is 15.4 Å². The number of likely N-dealkylation sites (tertiary alicyclic amines) is 1. The van der Waals surface area contributed by atoms with Crippen molar-refractivity contribution in [1.82, 2.24) is 10.2 Å². The van der Waals surface area contributed by atoms with Crippen LogP contribution >= 0.6 is 15.9 Å². The first-order valence-corrected chi connectivity index (χ1v) is 13.7. The standard InChI is InChI=1S/C30H34BrFN4O2/c1-36-19-7-10-24(36)17-18-33-30(34-23-8-4-3-5-9-23)35-29(37)26-11-6-12-27(32)25(26)15-13-21-20-22(31)14-16-28(21)38-2/h3-6,8-9,11-12,14,16,20,24H,7,10,13,15,17-19H2,1-2H3,(H2,33,34,35,37). The lowest BCUT2D eigenvalue weighted by atomic mass is 9.98. The molecule has 1 heterocycles. The Morgan fingerprint density at radius 3 is 2.68 bits per heavy atom. The predicted octanol–water partition coefficient (Wildman–Crippen LogP) is 6.06. The average Bonchev–Trinajstić information content (AvgIpc) is 3.32. The van der Waals surface area contributed by atoms with E-state index in [9.17, 15) is 4.79 Å². The summed E-state index contributed by atoms with van der Waals surface area (Å²) in [4.78, 5) is 20.5. The Balaban J connectivity index is 1.52. The number of benzene rings is 3. The van der Waals surface area contributed by atoms with Crippen LogP contribution in [-0.4, -0.2) is 50.1 Å².